The van der Waals surface area contributed by atoms with Crippen LogP contribution in [0.5, 0.6) is 0 Å². The first-order valence-electron chi connectivity index (χ1n) is 6.09. The molecule has 1 aliphatic heterocycles. The third-order valence-electron chi connectivity index (χ3n) is 3.57. The van der Waals surface area contributed by atoms with E-state index in [1.165, 1.54) is 0 Å². The standard InChI is InChI=1S/C13H18F2N2/c1-2-9-5-6-17(8-9)11-4-3-10(7-16)12(14)13(11)15/h3-4,9H,2,5-8,16H2,1H3. The van der Waals surface area contributed by atoms with Gasteiger partial charge in [-0.2, -0.15) is 0 Å². The molecule has 1 aromatic carbocycles. The Kier molecular flexibility index (Phi) is 3.62. The van der Waals surface area contributed by atoms with Crippen LogP contribution in [0.4, 0.5) is 14.5 Å². The zero-order valence-electron chi connectivity index (χ0n) is 10.0. The van der Waals surface area contributed by atoms with E-state index in [1.807, 2.05) is 4.90 Å². The Morgan fingerprint density at radius 3 is 2.71 bits per heavy atom. The maximum absolute atomic E-state index is 13.9. The first-order valence-corrected chi connectivity index (χ1v) is 6.09. The van der Waals surface area contributed by atoms with Gasteiger partial charge in [-0.05, 0) is 18.4 Å². The molecule has 1 atom stereocenters. The Morgan fingerprint density at radius 1 is 1.35 bits per heavy atom. The Morgan fingerprint density at radius 2 is 2.12 bits per heavy atom. The zero-order valence-corrected chi connectivity index (χ0v) is 10.0. The number of nitrogens with zero attached hydrogens (tertiary/aromatic N) is 1. The molecule has 1 aliphatic rings. The van der Waals surface area contributed by atoms with E-state index >= 15 is 0 Å². The summed E-state index contributed by atoms with van der Waals surface area (Å²) in [6.07, 6.45) is 2.14. The topological polar surface area (TPSA) is 29.3 Å². The molecule has 1 unspecified atom stereocenters. The van der Waals surface area contributed by atoms with Crippen LogP contribution in [0.1, 0.15) is 25.3 Å². The summed E-state index contributed by atoms with van der Waals surface area (Å²) in [7, 11) is 0. The van der Waals surface area contributed by atoms with Crippen molar-refractivity contribution in [3.05, 3.63) is 29.3 Å². The lowest BCUT2D eigenvalue weighted by Crippen LogP contribution is -2.21. The molecule has 0 amide bonds. The summed E-state index contributed by atoms with van der Waals surface area (Å²) in [5.41, 5.74) is 5.95. The molecule has 94 valence electrons. The average molecular weight is 240 g/mol. The van der Waals surface area contributed by atoms with E-state index in [-0.39, 0.29) is 12.1 Å². The Hall–Kier alpha value is -1.16. The van der Waals surface area contributed by atoms with Gasteiger partial charge in [-0.3, -0.25) is 0 Å². The van der Waals surface area contributed by atoms with Crippen molar-refractivity contribution in [2.24, 2.45) is 11.7 Å². The number of rotatable bonds is 3. The van der Waals surface area contributed by atoms with Gasteiger partial charge in [0, 0.05) is 25.2 Å². The summed E-state index contributed by atoms with van der Waals surface area (Å²) in [5, 5.41) is 0. The first kappa shape index (κ1) is 12.3. The summed E-state index contributed by atoms with van der Waals surface area (Å²) in [4.78, 5) is 1.92. The van der Waals surface area contributed by atoms with Crippen molar-refractivity contribution in [1.29, 1.82) is 0 Å². The van der Waals surface area contributed by atoms with Crippen LogP contribution in [0.15, 0.2) is 12.1 Å². The highest BCUT2D eigenvalue weighted by atomic mass is 19.2. The van der Waals surface area contributed by atoms with Gasteiger partial charge in [0.05, 0.1) is 5.69 Å². The van der Waals surface area contributed by atoms with E-state index in [9.17, 15) is 8.78 Å². The Balaban J connectivity index is 2.25. The number of anilines is 1. The van der Waals surface area contributed by atoms with E-state index in [2.05, 4.69) is 6.92 Å². The van der Waals surface area contributed by atoms with E-state index in [0.29, 0.717) is 11.6 Å². The van der Waals surface area contributed by atoms with Crippen molar-refractivity contribution in [1.82, 2.24) is 0 Å². The van der Waals surface area contributed by atoms with Gasteiger partial charge in [0.1, 0.15) is 0 Å². The highest BCUT2D eigenvalue weighted by molar-refractivity contribution is 5.50. The lowest BCUT2D eigenvalue weighted by Gasteiger charge is -2.20. The van der Waals surface area contributed by atoms with E-state index in [1.54, 1.807) is 12.1 Å². The van der Waals surface area contributed by atoms with Gasteiger partial charge in [-0.1, -0.05) is 19.4 Å². The maximum Gasteiger partial charge on any atom is 0.182 e. The van der Waals surface area contributed by atoms with Crippen molar-refractivity contribution in [2.75, 3.05) is 18.0 Å². The number of halogens is 2. The van der Waals surface area contributed by atoms with Gasteiger partial charge in [-0.25, -0.2) is 8.78 Å². The molecule has 4 heteroatoms. The van der Waals surface area contributed by atoms with Crippen LogP contribution in [0, 0.1) is 17.6 Å². The molecule has 0 spiro atoms. The minimum absolute atomic E-state index is 0.0284. The van der Waals surface area contributed by atoms with E-state index in [0.717, 1.165) is 25.9 Å². The molecule has 0 aliphatic carbocycles. The van der Waals surface area contributed by atoms with Gasteiger partial charge >= 0.3 is 0 Å². The predicted octanol–water partition coefficient (Wildman–Crippen LogP) is 2.66. The summed E-state index contributed by atoms with van der Waals surface area (Å²) in [5.74, 6) is -0.971. The molecular formula is C13H18F2N2. The summed E-state index contributed by atoms with van der Waals surface area (Å²) < 4.78 is 27.5. The smallest absolute Gasteiger partial charge is 0.182 e. The largest absolute Gasteiger partial charge is 0.369 e. The van der Waals surface area contributed by atoms with Gasteiger partial charge in [0.2, 0.25) is 0 Å². The highest BCUT2D eigenvalue weighted by Gasteiger charge is 2.25. The predicted molar refractivity (Wildman–Crippen MR) is 64.9 cm³/mol. The lowest BCUT2D eigenvalue weighted by atomic mass is 10.1. The maximum atomic E-state index is 13.9. The Bertz CT molecular complexity index is 407. The molecule has 1 heterocycles. The highest BCUT2D eigenvalue weighted by Crippen LogP contribution is 2.29. The van der Waals surface area contributed by atoms with Gasteiger partial charge < -0.3 is 10.6 Å². The third-order valence-corrected chi connectivity index (χ3v) is 3.57. The van der Waals surface area contributed by atoms with Crippen molar-refractivity contribution < 1.29 is 8.78 Å². The fraction of sp³-hybridized carbons (Fsp3) is 0.538. The average Bonchev–Trinajstić information content (AvgIpc) is 2.81. The van der Waals surface area contributed by atoms with E-state index < -0.39 is 11.6 Å². The van der Waals surface area contributed by atoms with Crippen molar-refractivity contribution >= 4 is 5.69 Å². The van der Waals surface area contributed by atoms with Crippen molar-refractivity contribution in [3.63, 3.8) is 0 Å². The van der Waals surface area contributed by atoms with Crippen LogP contribution in [0.3, 0.4) is 0 Å². The van der Waals surface area contributed by atoms with Gasteiger partial charge in [0.15, 0.2) is 11.6 Å². The SMILES string of the molecule is CCC1CCN(c2ccc(CN)c(F)c2F)C1. The quantitative estimate of drug-likeness (QED) is 0.880. The number of nitrogens with two attached hydrogens (primary N) is 1. The van der Waals surface area contributed by atoms with Crippen LogP contribution in [0.2, 0.25) is 0 Å². The molecule has 0 radical (unpaired) electrons. The molecule has 17 heavy (non-hydrogen) atoms. The van der Waals surface area contributed by atoms with Crippen LogP contribution in [-0.2, 0) is 6.54 Å². The van der Waals surface area contributed by atoms with E-state index in [4.69, 9.17) is 5.73 Å². The summed E-state index contributed by atoms with van der Waals surface area (Å²) >= 11 is 0. The monoisotopic (exact) mass is 240 g/mol. The molecule has 2 rings (SSSR count). The van der Waals surface area contributed by atoms with Crippen LogP contribution in [0.25, 0.3) is 0 Å². The molecule has 0 bridgehead atoms. The van der Waals surface area contributed by atoms with Crippen LogP contribution in [-0.4, -0.2) is 13.1 Å². The fourth-order valence-corrected chi connectivity index (χ4v) is 2.37. The molecule has 2 N–H and O–H groups in total. The zero-order chi connectivity index (χ0) is 12.4. The molecule has 0 saturated carbocycles. The second-order valence-corrected chi connectivity index (χ2v) is 4.58. The molecule has 1 fully saturated rings. The normalized spacial score (nSPS) is 20.0. The van der Waals surface area contributed by atoms with Crippen LogP contribution < -0.4 is 10.6 Å². The minimum atomic E-state index is -0.801. The summed E-state index contributed by atoms with van der Waals surface area (Å²) in [6.45, 7) is 3.77. The number of benzene rings is 1. The molecular weight excluding hydrogens is 222 g/mol. The molecule has 1 saturated heterocycles. The number of hydrogen-bond acceptors (Lipinski definition) is 2. The molecule has 0 aromatic heterocycles. The van der Waals surface area contributed by atoms with Gasteiger partial charge in [0.25, 0.3) is 0 Å². The lowest BCUT2D eigenvalue weighted by molar-refractivity contribution is 0.497. The third kappa shape index (κ3) is 2.27. The molecule has 1 aromatic rings. The number of hydrogen-bond donors (Lipinski definition) is 1. The Labute approximate surface area is 100 Å². The van der Waals surface area contributed by atoms with Crippen LogP contribution >= 0.6 is 0 Å². The van der Waals surface area contributed by atoms with Crippen molar-refractivity contribution in [3.8, 4) is 0 Å². The van der Waals surface area contributed by atoms with Crippen molar-refractivity contribution in [2.45, 2.75) is 26.3 Å². The first-order chi connectivity index (χ1) is 8.17. The minimum Gasteiger partial charge on any atom is -0.369 e. The fourth-order valence-electron chi connectivity index (χ4n) is 2.37. The second kappa shape index (κ2) is 5.00. The summed E-state index contributed by atoms with van der Waals surface area (Å²) in [6, 6.07) is 3.21. The second-order valence-electron chi connectivity index (χ2n) is 4.58. The molecule has 2 nitrogen and oxygen atoms in total. The van der Waals surface area contributed by atoms with Gasteiger partial charge in [-0.15, -0.1) is 0 Å².